The van der Waals surface area contributed by atoms with Gasteiger partial charge in [-0.2, -0.15) is 0 Å². The molecule has 3 nitrogen and oxygen atoms in total. The van der Waals surface area contributed by atoms with Gasteiger partial charge in [-0.3, -0.25) is 0 Å². The van der Waals surface area contributed by atoms with Crippen molar-refractivity contribution in [3.63, 3.8) is 0 Å². The van der Waals surface area contributed by atoms with E-state index in [9.17, 15) is 0 Å². The summed E-state index contributed by atoms with van der Waals surface area (Å²) in [5.74, 6) is 0. The number of hydrogen-bond acceptors (Lipinski definition) is 3. The van der Waals surface area contributed by atoms with Crippen LogP contribution in [0.2, 0.25) is 0 Å². The number of nitrogens with two attached hydrogens (primary N) is 1. The highest BCUT2D eigenvalue weighted by Crippen LogP contribution is 2.34. The molecule has 0 unspecified atom stereocenters. The van der Waals surface area contributed by atoms with E-state index in [0.717, 1.165) is 13.1 Å². The summed E-state index contributed by atoms with van der Waals surface area (Å²) in [6.45, 7) is 2.52. The second kappa shape index (κ2) is 4.70. The van der Waals surface area contributed by atoms with Crippen LogP contribution in [0.4, 0.5) is 17.1 Å². The molecule has 0 saturated heterocycles. The molecule has 1 aliphatic rings. The smallest absolute Gasteiger partial charge is 0.0647 e. The molecule has 0 radical (unpaired) electrons. The van der Waals surface area contributed by atoms with Crippen LogP contribution in [0.15, 0.2) is 48.5 Å². The van der Waals surface area contributed by atoms with Gasteiger partial charge < -0.3 is 16.0 Å². The van der Waals surface area contributed by atoms with Crippen LogP contribution in [-0.2, 0) is 6.54 Å². The van der Waals surface area contributed by atoms with Crippen molar-refractivity contribution >= 4 is 17.1 Å². The molecule has 0 atom stereocenters. The van der Waals surface area contributed by atoms with E-state index < -0.39 is 0 Å². The Morgan fingerprint density at radius 1 is 1.11 bits per heavy atom. The van der Waals surface area contributed by atoms with E-state index in [-0.39, 0.29) is 0 Å². The summed E-state index contributed by atoms with van der Waals surface area (Å²) in [5, 5.41) is 3.42. The van der Waals surface area contributed by atoms with Crippen LogP contribution in [0.1, 0.15) is 5.56 Å². The van der Waals surface area contributed by atoms with E-state index in [0.29, 0.717) is 6.54 Å². The van der Waals surface area contributed by atoms with Crippen LogP contribution < -0.4 is 16.0 Å². The summed E-state index contributed by atoms with van der Waals surface area (Å²) >= 11 is 0. The molecule has 0 aromatic heterocycles. The van der Waals surface area contributed by atoms with Crippen molar-refractivity contribution in [2.45, 2.75) is 6.54 Å². The number of anilines is 3. The summed E-state index contributed by atoms with van der Waals surface area (Å²) in [6, 6.07) is 16.9. The topological polar surface area (TPSA) is 41.3 Å². The predicted molar refractivity (Wildman–Crippen MR) is 76.3 cm³/mol. The highest BCUT2D eigenvalue weighted by molar-refractivity contribution is 5.78. The molecule has 0 spiro atoms. The molecule has 3 rings (SSSR count). The van der Waals surface area contributed by atoms with Gasteiger partial charge in [0.15, 0.2) is 0 Å². The van der Waals surface area contributed by atoms with Gasteiger partial charge in [0.1, 0.15) is 0 Å². The first kappa shape index (κ1) is 11.1. The molecule has 3 heteroatoms. The first-order valence-electron chi connectivity index (χ1n) is 6.28. The predicted octanol–water partition coefficient (Wildman–Crippen LogP) is 2.71. The Balaban J connectivity index is 2.02. The third-order valence-electron chi connectivity index (χ3n) is 3.30. The molecular weight excluding hydrogens is 222 g/mol. The summed E-state index contributed by atoms with van der Waals surface area (Å²) < 4.78 is 0. The van der Waals surface area contributed by atoms with E-state index in [1.807, 2.05) is 0 Å². The first-order valence-corrected chi connectivity index (χ1v) is 6.28. The molecule has 2 aromatic rings. The molecule has 3 N–H and O–H groups in total. The van der Waals surface area contributed by atoms with E-state index in [1.54, 1.807) is 0 Å². The van der Waals surface area contributed by atoms with Crippen molar-refractivity contribution in [2.75, 3.05) is 23.3 Å². The van der Waals surface area contributed by atoms with E-state index in [1.165, 1.54) is 22.6 Å². The second-order valence-corrected chi connectivity index (χ2v) is 4.47. The fourth-order valence-corrected chi connectivity index (χ4v) is 2.40. The van der Waals surface area contributed by atoms with Crippen LogP contribution in [-0.4, -0.2) is 13.1 Å². The van der Waals surface area contributed by atoms with Crippen molar-refractivity contribution in [1.29, 1.82) is 0 Å². The lowest BCUT2D eigenvalue weighted by Gasteiger charge is -2.32. The minimum Gasteiger partial charge on any atom is -0.382 e. The van der Waals surface area contributed by atoms with Crippen molar-refractivity contribution < 1.29 is 0 Å². The number of benzene rings is 2. The third-order valence-corrected chi connectivity index (χ3v) is 3.30. The van der Waals surface area contributed by atoms with Gasteiger partial charge in [0.05, 0.1) is 11.4 Å². The average Bonchev–Trinajstić information content (AvgIpc) is 2.47. The standard InChI is InChI=1S/C15H17N3/c16-11-12-4-3-5-13(10-12)18-9-8-17-14-6-1-2-7-15(14)18/h1-7,10,17H,8-9,11,16H2. The Morgan fingerprint density at radius 3 is 2.89 bits per heavy atom. The Kier molecular flexibility index (Phi) is 2.90. The first-order chi connectivity index (χ1) is 8.88. The van der Waals surface area contributed by atoms with E-state index >= 15 is 0 Å². The van der Waals surface area contributed by atoms with Gasteiger partial charge in [0, 0.05) is 25.3 Å². The third kappa shape index (κ3) is 1.93. The van der Waals surface area contributed by atoms with E-state index in [2.05, 4.69) is 58.7 Å². The highest BCUT2D eigenvalue weighted by Gasteiger charge is 2.17. The van der Waals surface area contributed by atoms with Gasteiger partial charge in [0.2, 0.25) is 0 Å². The van der Waals surface area contributed by atoms with Crippen LogP contribution >= 0.6 is 0 Å². The van der Waals surface area contributed by atoms with Crippen LogP contribution in [0.3, 0.4) is 0 Å². The van der Waals surface area contributed by atoms with E-state index in [4.69, 9.17) is 5.73 Å². The summed E-state index contributed by atoms with van der Waals surface area (Å²) in [6.07, 6.45) is 0. The zero-order valence-electron chi connectivity index (χ0n) is 10.3. The molecule has 1 aliphatic heterocycles. The molecule has 0 aliphatic carbocycles. The molecule has 0 saturated carbocycles. The minimum absolute atomic E-state index is 0.585. The lowest BCUT2D eigenvalue weighted by molar-refractivity contribution is 0.924. The van der Waals surface area contributed by atoms with Gasteiger partial charge in [-0.1, -0.05) is 24.3 Å². The lowest BCUT2D eigenvalue weighted by atomic mass is 10.1. The number of nitrogens with one attached hydrogen (secondary N) is 1. The molecule has 0 bridgehead atoms. The van der Waals surface area contributed by atoms with Gasteiger partial charge in [-0.25, -0.2) is 0 Å². The maximum absolute atomic E-state index is 5.71. The Morgan fingerprint density at radius 2 is 2.00 bits per heavy atom. The fourth-order valence-electron chi connectivity index (χ4n) is 2.40. The Labute approximate surface area is 107 Å². The molecule has 18 heavy (non-hydrogen) atoms. The van der Waals surface area contributed by atoms with Gasteiger partial charge in [0.25, 0.3) is 0 Å². The van der Waals surface area contributed by atoms with Crippen molar-refractivity contribution in [1.82, 2.24) is 0 Å². The zero-order chi connectivity index (χ0) is 12.4. The quantitative estimate of drug-likeness (QED) is 0.846. The number of nitrogens with zero attached hydrogens (tertiary/aromatic N) is 1. The number of hydrogen-bond donors (Lipinski definition) is 2. The van der Waals surface area contributed by atoms with Crippen LogP contribution in [0.5, 0.6) is 0 Å². The number of para-hydroxylation sites is 2. The van der Waals surface area contributed by atoms with Crippen molar-refractivity contribution in [3.8, 4) is 0 Å². The minimum atomic E-state index is 0.585. The molecular formula is C15H17N3. The Bertz CT molecular complexity index is 551. The maximum Gasteiger partial charge on any atom is 0.0647 e. The van der Waals surface area contributed by atoms with Crippen molar-refractivity contribution in [2.24, 2.45) is 5.73 Å². The molecule has 0 amide bonds. The maximum atomic E-state index is 5.71. The summed E-state index contributed by atoms with van der Waals surface area (Å²) in [7, 11) is 0. The normalized spacial score (nSPS) is 13.9. The SMILES string of the molecule is NCc1cccc(N2CCNc3ccccc32)c1. The molecule has 1 heterocycles. The summed E-state index contributed by atoms with van der Waals surface area (Å²) in [5.41, 5.74) is 10.5. The van der Waals surface area contributed by atoms with Crippen LogP contribution in [0.25, 0.3) is 0 Å². The Hall–Kier alpha value is -2.00. The molecule has 2 aromatic carbocycles. The highest BCUT2D eigenvalue weighted by atomic mass is 15.2. The number of fused-ring (bicyclic) bond motifs is 1. The largest absolute Gasteiger partial charge is 0.382 e. The van der Waals surface area contributed by atoms with Gasteiger partial charge in [-0.15, -0.1) is 0 Å². The number of rotatable bonds is 2. The second-order valence-electron chi connectivity index (χ2n) is 4.47. The van der Waals surface area contributed by atoms with Gasteiger partial charge >= 0.3 is 0 Å². The fraction of sp³-hybridized carbons (Fsp3) is 0.200. The summed E-state index contributed by atoms with van der Waals surface area (Å²) in [4.78, 5) is 2.34. The monoisotopic (exact) mass is 239 g/mol. The average molecular weight is 239 g/mol. The molecule has 0 fully saturated rings. The van der Waals surface area contributed by atoms with Crippen LogP contribution in [0, 0.1) is 0 Å². The lowest BCUT2D eigenvalue weighted by Crippen LogP contribution is -2.30. The van der Waals surface area contributed by atoms with Gasteiger partial charge in [-0.05, 0) is 29.8 Å². The molecule has 92 valence electrons. The zero-order valence-corrected chi connectivity index (χ0v) is 10.3. The van der Waals surface area contributed by atoms with Crippen molar-refractivity contribution in [3.05, 3.63) is 54.1 Å².